The highest BCUT2D eigenvalue weighted by atomic mass is 16.4. The highest BCUT2D eigenvalue weighted by Crippen LogP contribution is 2.07. The molecular weight excluding hydrogens is 590 g/mol. The van der Waals surface area contributed by atoms with Gasteiger partial charge in [0.25, 0.3) is 0 Å². The zero-order chi connectivity index (χ0) is 34.2. The molecule has 0 aliphatic heterocycles. The fraction of sp³-hybridized carbons (Fsp3) is 0.778. The summed E-state index contributed by atoms with van der Waals surface area (Å²) in [6.45, 7) is 0.478. The zero-order valence-electron chi connectivity index (χ0n) is 26.0. The minimum atomic E-state index is -1.50. The van der Waals surface area contributed by atoms with Gasteiger partial charge in [-0.15, -0.1) is 0 Å². The lowest BCUT2D eigenvalue weighted by atomic mass is 10.1. The minimum Gasteiger partial charge on any atom is -0.480 e. The van der Waals surface area contributed by atoms with E-state index in [0.29, 0.717) is 64.6 Å². The van der Waals surface area contributed by atoms with E-state index in [2.05, 4.69) is 26.3 Å². The number of rotatable bonds is 26. The molecule has 260 valence electrons. The van der Waals surface area contributed by atoms with Crippen LogP contribution in [0.5, 0.6) is 0 Å². The fourth-order valence-corrected chi connectivity index (χ4v) is 4.21. The van der Waals surface area contributed by atoms with Crippen molar-refractivity contribution in [1.29, 1.82) is 0 Å². The minimum absolute atomic E-state index is 0.0779. The van der Waals surface area contributed by atoms with Crippen molar-refractivity contribution in [3.05, 3.63) is 0 Å². The summed E-state index contributed by atoms with van der Waals surface area (Å²) in [5, 5.41) is 29.4. The molecule has 0 bridgehead atoms. The van der Waals surface area contributed by atoms with Crippen molar-refractivity contribution in [3.8, 4) is 0 Å². The van der Waals surface area contributed by atoms with Crippen molar-refractivity contribution < 1.29 is 34.2 Å². The number of nitrogens with two attached hydrogens (primary N) is 6. The summed E-state index contributed by atoms with van der Waals surface area (Å²) in [6.07, 6.45) is 4.28. The number of carbonyl (C=O) groups excluding carboxylic acids is 4. The van der Waals surface area contributed by atoms with E-state index in [1.807, 2.05) is 0 Å². The largest absolute Gasteiger partial charge is 0.480 e. The summed E-state index contributed by atoms with van der Waals surface area (Å²) in [7, 11) is 0. The van der Waals surface area contributed by atoms with Gasteiger partial charge in [0.05, 0.1) is 12.6 Å². The van der Waals surface area contributed by atoms with Crippen molar-refractivity contribution in [2.45, 2.75) is 101 Å². The van der Waals surface area contributed by atoms with Gasteiger partial charge in [-0.25, -0.2) is 4.79 Å². The van der Waals surface area contributed by atoms with Gasteiger partial charge in [0.15, 0.2) is 5.96 Å². The maximum atomic E-state index is 13.2. The Morgan fingerprint density at radius 3 is 1.44 bits per heavy atom. The van der Waals surface area contributed by atoms with Gasteiger partial charge in [-0.2, -0.15) is 0 Å². The Labute approximate surface area is 264 Å². The van der Waals surface area contributed by atoms with Crippen LogP contribution in [0.3, 0.4) is 0 Å². The number of unbranched alkanes of at least 4 members (excludes halogenated alkanes) is 3. The van der Waals surface area contributed by atoms with Crippen molar-refractivity contribution in [3.63, 3.8) is 0 Å². The topological polar surface area (TPSA) is 342 Å². The Bertz CT molecular complexity index is 935. The molecule has 0 heterocycles. The average molecular weight is 646 g/mol. The Morgan fingerprint density at radius 1 is 0.578 bits per heavy atom. The number of nitrogens with one attached hydrogen (secondary N) is 4. The summed E-state index contributed by atoms with van der Waals surface area (Å²) in [4.78, 5) is 67.6. The zero-order valence-corrected chi connectivity index (χ0v) is 26.0. The maximum absolute atomic E-state index is 13.2. The first kappa shape index (κ1) is 41.4. The smallest absolute Gasteiger partial charge is 0.326 e. The summed E-state index contributed by atoms with van der Waals surface area (Å²) in [5.41, 5.74) is 33.2. The predicted molar refractivity (Wildman–Crippen MR) is 169 cm³/mol. The number of carboxylic acids is 1. The van der Waals surface area contributed by atoms with E-state index in [9.17, 15) is 34.2 Å². The standard InChI is InChI=1S/C27H55N11O7/c28-12-4-1-8-17(31)22(40)35-19(11-7-15-34-27(32)33)24(42)38-21(16-39)25(43)36-18(9-2-5-13-29)23(41)37-20(26(44)45)10-3-6-14-30/h17-21,39H,1-16,28-31H2,(H,35,40)(H,36,43)(H,37,41)(H,38,42)(H,44,45)(H4,32,33,34)/t17-,18-,19-,20-,21-/m0/s1. The van der Waals surface area contributed by atoms with Gasteiger partial charge in [0.2, 0.25) is 23.6 Å². The van der Waals surface area contributed by atoms with Crippen LogP contribution in [-0.2, 0) is 24.0 Å². The molecule has 0 unspecified atom stereocenters. The third kappa shape index (κ3) is 18.7. The quantitative estimate of drug-likeness (QED) is 0.0241. The molecule has 0 aliphatic carbocycles. The van der Waals surface area contributed by atoms with Crippen LogP contribution in [0, 0.1) is 0 Å². The van der Waals surface area contributed by atoms with Crippen LogP contribution in [0.2, 0.25) is 0 Å². The number of aliphatic hydroxyl groups is 1. The second-order valence-corrected chi connectivity index (χ2v) is 10.7. The van der Waals surface area contributed by atoms with Gasteiger partial charge in [-0.1, -0.05) is 6.42 Å². The molecule has 0 fully saturated rings. The van der Waals surface area contributed by atoms with E-state index in [1.165, 1.54) is 0 Å². The van der Waals surface area contributed by atoms with Crippen LogP contribution in [0.4, 0.5) is 0 Å². The predicted octanol–water partition coefficient (Wildman–Crippen LogP) is -4.23. The highest BCUT2D eigenvalue weighted by molar-refractivity contribution is 5.95. The molecule has 0 aromatic rings. The van der Waals surface area contributed by atoms with Gasteiger partial charge >= 0.3 is 5.97 Å². The molecule has 0 saturated heterocycles. The van der Waals surface area contributed by atoms with Crippen molar-refractivity contribution in [2.75, 3.05) is 32.8 Å². The molecule has 18 N–H and O–H groups in total. The number of aliphatic imine (C=N–C) groups is 1. The van der Waals surface area contributed by atoms with Crippen LogP contribution >= 0.6 is 0 Å². The molecule has 4 amide bonds. The second-order valence-electron chi connectivity index (χ2n) is 10.7. The molecule has 0 aliphatic rings. The normalized spacial score (nSPS) is 14.2. The molecule has 0 aromatic heterocycles. The van der Waals surface area contributed by atoms with E-state index in [1.54, 1.807) is 0 Å². The number of aliphatic hydroxyl groups excluding tert-OH is 1. The molecule has 18 nitrogen and oxygen atoms in total. The third-order valence-corrected chi connectivity index (χ3v) is 6.84. The molecule has 0 aromatic carbocycles. The van der Waals surface area contributed by atoms with Gasteiger partial charge in [0, 0.05) is 6.54 Å². The number of carbonyl (C=O) groups is 5. The van der Waals surface area contributed by atoms with Gasteiger partial charge in [-0.05, 0) is 83.8 Å². The molecule has 0 rings (SSSR count). The van der Waals surface area contributed by atoms with E-state index in [-0.39, 0.29) is 38.2 Å². The Kier molecular flexibility index (Phi) is 22.7. The fourth-order valence-electron chi connectivity index (χ4n) is 4.21. The monoisotopic (exact) mass is 645 g/mol. The number of carboxylic acid groups (broad SMARTS) is 1. The Hall–Kier alpha value is -3.58. The molecule has 45 heavy (non-hydrogen) atoms. The van der Waals surface area contributed by atoms with Gasteiger partial charge < -0.3 is 65.9 Å². The first-order chi connectivity index (χ1) is 21.4. The van der Waals surface area contributed by atoms with Crippen molar-refractivity contribution in [2.24, 2.45) is 39.4 Å². The maximum Gasteiger partial charge on any atom is 0.326 e. The van der Waals surface area contributed by atoms with Crippen LogP contribution in [0.1, 0.15) is 70.6 Å². The van der Waals surface area contributed by atoms with Crippen molar-refractivity contribution in [1.82, 2.24) is 21.3 Å². The summed E-state index contributed by atoms with van der Waals surface area (Å²) in [6, 6.07) is -5.93. The van der Waals surface area contributed by atoms with E-state index in [0.717, 1.165) is 0 Å². The van der Waals surface area contributed by atoms with Gasteiger partial charge in [0.1, 0.15) is 24.2 Å². The number of aliphatic carboxylic acids is 1. The van der Waals surface area contributed by atoms with E-state index in [4.69, 9.17) is 34.4 Å². The SMILES string of the molecule is NCCCC[C@H](NC(=O)[C@H](CCCCN)NC(=O)[C@H](CO)NC(=O)[C@H](CCCN=C(N)N)NC(=O)[C@@H](N)CCCCN)C(=O)O. The number of guanidine groups is 1. The van der Waals surface area contributed by atoms with Gasteiger partial charge in [-0.3, -0.25) is 24.2 Å². The summed E-state index contributed by atoms with van der Waals surface area (Å²) < 4.78 is 0. The lowest BCUT2D eigenvalue weighted by Crippen LogP contribution is -2.59. The third-order valence-electron chi connectivity index (χ3n) is 6.84. The summed E-state index contributed by atoms with van der Waals surface area (Å²) in [5.74, 6) is -4.38. The highest BCUT2D eigenvalue weighted by Gasteiger charge is 2.31. The Balaban J connectivity index is 5.67. The first-order valence-electron chi connectivity index (χ1n) is 15.4. The average Bonchev–Trinajstić information content (AvgIpc) is 2.99. The van der Waals surface area contributed by atoms with Crippen LogP contribution < -0.4 is 55.7 Å². The molecule has 0 spiro atoms. The number of hydrogen-bond acceptors (Lipinski definition) is 11. The number of hydrogen-bond donors (Lipinski definition) is 12. The van der Waals surface area contributed by atoms with Crippen LogP contribution in [-0.4, -0.2) is 109 Å². The molecular formula is C27H55N11O7. The lowest BCUT2D eigenvalue weighted by Gasteiger charge is -2.26. The molecule has 0 saturated carbocycles. The van der Waals surface area contributed by atoms with Crippen LogP contribution in [0.15, 0.2) is 4.99 Å². The number of amides is 4. The lowest BCUT2D eigenvalue weighted by molar-refractivity contribution is -0.142. The molecule has 18 heteroatoms. The van der Waals surface area contributed by atoms with E-state index < -0.39 is 66.4 Å². The van der Waals surface area contributed by atoms with E-state index >= 15 is 0 Å². The summed E-state index contributed by atoms with van der Waals surface area (Å²) >= 11 is 0. The molecule has 0 radical (unpaired) electrons. The number of nitrogens with zero attached hydrogens (tertiary/aromatic N) is 1. The van der Waals surface area contributed by atoms with Crippen molar-refractivity contribution >= 4 is 35.6 Å². The van der Waals surface area contributed by atoms with Crippen LogP contribution in [0.25, 0.3) is 0 Å². The second kappa shape index (κ2) is 24.7. The first-order valence-corrected chi connectivity index (χ1v) is 15.4. The molecule has 5 atom stereocenters. The Morgan fingerprint density at radius 2 is 0.978 bits per heavy atom.